The van der Waals surface area contributed by atoms with Crippen LogP contribution in [0, 0.1) is 0 Å². The van der Waals surface area contributed by atoms with Crippen molar-refractivity contribution in [3.8, 4) is 0 Å². The molecular formula is C17H20N2O2. The summed E-state index contributed by atoms with van der Waals surface area (Å²) in [6.07, 6.45) is 1.76. The van der Waals surface area contributed by atoms with Gasteiger partial charge in [-0.1, -0.05) is 32.0 Å². The van der Waals surface area contributed by atoms with Crippen molar-refractivity contribution in [3.05, 3.63) is 41.7 Å². The van der Waals surface area contributed by atoms with Crippen molar-refractivity contribution in [1.82, 2.24) is 10.3 Å². The van der Waals surface area contributed by atoms with Gasteiger partial charge in [-0.05, 0) is 18.6 Å². The number of fused-ring (bicyclic) bond motifs is 3. The van der Waals surface area contributed by atoms with Gasteiger partial charge in [-0.15, -0.1) is 0 Å². The van der Waals surface area contributed by atoms with E-state index in [1.54, 1.807) is 6.20 Å². The molecule has 2 heterocycles. The van der Waals surface area contributed by atoms with E-state index in [0.717, 1.165) is 23.1 Å². The molecule has 2 aromatic rings. The first-order valence-electron chi connectivity index (χ1n) is 7.27. The van der Waals surface area contributed by atoms with Crippen molar-refractivity contribution in [2.45, 2.75) is 26.2 Å². The third kappa shape index (κ3) is 2.20. The number of benzene rings is 1. The van der Waals surface area contributed by atoms with Crippen molar-refractivity contribution in [1.29, 1.82) is 0 Å². The lowest BCUT2D eigenvalue weighted by molar-refractivity contribution is -0.136. The molecule has 2 N–H and O–H groups in total. The molecule has 4 heteroatoms. The Morgan fingerprint density at radius 2 is 2.10 bits per heavy atom. The van der Waals surface area contributed by atoms with Crippen LogP contribution in [0.3, 0.4) is 0 Å². The summed E-state index contributed by atoms with van der Waals surface area (Å²) in [5.41, 5.74) is 3.56. The Morgan fingerprint density at radius 3 is 2.86 bits per heavy atom. The fraction of sp³-hybridized carbons (Fsp3) is 0.353. The van der Waals surface area contributed by atoms with E-state index in [-0.39, 0.29) is 11.4 Å². The van der Waals surface area contributed by atoms with Crippen LogP contribution >= 0.6 is 0 Å². The third-order valence-electron chi connectivity index (χ3n) is 3.94. The van der Waals surface area contributed by atoms with Gasteiger partial charge in [0.2, 0.25) is 0 Å². The molecule has 0 saturated heterocycles. The average molecular weight is 284 g/mol. The number of carbonyl (C=O) groups excluding carboxylic acids is 1. The first kappa shape index (κ1) is 13.7. The van der Waals surface area contributed by atoms with Crippen LogP contribution in [0.15, 0.2) is 30.5 Å². The lowest BCUT2D eigenvalue weighted by Gasteiger charge is -2.24. The molecule has 0 fully saturated rings. The van der Waals surface area contributed by atoms with Crippen LogP contribution < -0.4 is 5.32 Å². The van der Waals surface area contributed by atoms with E-state index < -0.39 is 0 Å². The summed E-state index contributed by atoms with van der Waals surface area (Å²) in [6, 6.07) is 8.16. The van der Waals surface area contributed by atoms with Gasteiger partial charge in [-0.3, -0.25) is 0 Å². The topological polar surface area (TPSA) is 54.1 Å². The maximum absolute atomic E-state index is 12.3. The van der Waals surface area contributed by atoms with Gasteiger partial charge in [0.25, 0.3) is 0 Å². The van der Waals surface area contributed by atoms with Crippen LogP contribution in [0.25, 0.3) is 16.5 Å². The van der Waals surface area contributed by atoms with E-state index in [4.69, 9.17) is 4.74 Å². The Morgan fingerprint density at radius 1 is 1.33 bits per heavy atom. The van der Waals surface area contributed by atoms with Gasteiger partial charge in [0, 0.05) is 29.1 Å². The predicted molar refractivity (Wildman–Crippen MR) is 83.9 cm³/mol. The number of esters is 1. The van der Waals surface area contributed by atoms with Crippen LogP contribution in [-0.2, 0) is 14.9 Å². The Bertz CT molecular complexity index is 725. The molecule has 1 aliphatic heterocycles. The van der Waals surface area contributed by atoms with Gasteiger partial charge < -0.3 is 15.0 Å². The Hall–Kier alpha value is -2.23. The lowest BCUT2D eigenvalue weighted by atomic mass is 9.82. The highest BCUT2D eigenvalue weighted by atomic mass is 16.5. The number of para-hydroxylation sites is 1. The summed E-state index contributed by atoms with van der Waals surface area (Å²) in [6.45, 7) is 7.32. The van der Waals surface area contributed by atoms with Crippen LogP contribution in [0.4, 0.5) is 0 Å². The molecule has 4 nitrogen and oxygen atoms in total. The molecule has 1 aliphatic rings. The summed E-state index contributed by atoms with van der Waals surface area (Å²) in [5.74, 6) is -0.296. The molecule has 0 saturated carbocycles. The minimum Gasteiger partial charge on any atom is -0.462 e. The number of H-pyrrole nitrogens is 1. The molecular weight excluding hydrogens is 264 g/mol. The van der Waals surface area contributed by atoms with Crippen molar-refractivity contribution in [2.75, 3.05) is 13.2 Å². The highest BCUT2D eigenvalue weighted by molar-refractivity contribution is 6.17. The highest BCUT2D eigenvalue weighted by Crippen LogP contribution is 2.38. The summed E-state index contributed by atoms with van der Waals surface area (Å²) in [5, 5.41) is 4.41. The molecule has 110 valence electrons. The van der Waals surface area contributed by atoms with Crippen molar-refractivity contribution >= 4 is 22.4 Å². The second kappa shape index (κ2) is 4.95. The predicted octanol–water partition coefficient (Wildman–Crippen LogP) is 2.95. The summed E-state index contributed by atoms with van der Waals surface area (Å²) in [7, 11) is 0. The van der Waals surface area contributed by atoms with Crippen molar-refractivity contribution in [2.24, 2.45) is 0 Å². The largest absolute Gasteiger partial charge is 0.462 e. The van der Waals surface area contributed by atoms with E-state index in [2.05, 4.69) is 30.2 Å². The number of aromatic amines is 1. The lowest BCUT2D eigenvalue weighted by Crippen LogP contribution is -2.29. The Balaban J connectivity index is 2.25. The normalized spacial score (nSPS) is 16.6. The molecule has 21 heavy (non-hydrogen) atoms. The summed E-state index contributed by atoms with van der Waals surface area (Å²) >= 11 is 0. The molecule has 0 aliphatic carbocycles. The first-order chi connectivity index (χ1) is 10.0. The smallest absolute Gasteiger partial charge is 0.341 e. The summed E-state index contributed by atoms with van der Waals surface area (Å²) < 4.78 is 5.19. The van der Waals surface area contributed by atoms with Gasteiger partial charge in [0.15, 0.2) is 0 Å². The fourth-order valence-corrected chi connectivity index (χ4v) is 2.99. The van der Waals surface area contributed by atoms with Crippen molar-refractivity contribution in [3.63, 3.8) is 0 Å². The molecule has 0 atom stereocenters. The fourth-order valence-electron chi connectivity index (χ4n) is 2.99. The van der Waals surface area contributed by atoms with Crippen molar-refractivity contribution < 1.29 is 9.53 Å². The van der Waals surface area contributed by atoms with Gasteiger partial charge in [0.1, 0.15) is 0 Å². The number of nitrogens with one attached hydrogen (secondary N) is 2. The van der Waals surface area contributed by atoms with Gasteiger partial charge in [0.05, 0.1) is 17.9 Å². The number of hydrogen-bond acceptors (Lipinski definition) is 3. The van der Waals surface area contributed by atoms with E-state index >= 15 is 0 Å². The summed E-state index contributed by atoms with van der Waals surface area (Å²) in [4.78, 5) is 15.6. The Kier molecular flexibility index (Phi) is 3.24. The second-order valence-electron chi connectivity index (χ2n) is 5.96. The zero-order valence-corrected chi connectivity index (χ0v) is 12.6. The molecule has 0 amide bonds. The zero-order chi connectivity index (χ0) is 15.0. The number of rotatable bonds is 2. The Labute approximate surface area is 124 Å². The third-order valence-corrected chi connectivity index (χ3v) is 3.94. The van der Waals surface area contributed by atoms with Crippen LogP contribution in [0.1, 0.15) is 32.0 Å². The molecule has 0 unspecified atom stereocenters. The standard InChI is InChI=1S/C17H20N2O2/c1-4-21-16(20)12-9-18-10-17(2,3)14-11-7-5-6-8-13(11)19-15(12)14/h5-9,18-19H,4,10H2,1-3H3. The molecule has 1 aromatic carbocycles. The molecule has 3 rings (SSSR count). The maximum atomic E-state index is 12.3. The van der Waals surface area contributed by atoms with E-state index in [1.807, 2.05) is 25.1 Å². The van der Waals surface area contributed by atoms with Gasteiger partial charge >= 0.3 is 5.97 Å². The average Bonchev–Trinajstić information content (AvgIpc) is 2.77. The van der Waals surface area contributed by atoms with Gasteiger partial charge in [-0.25, -0.2) is 4.79 Å². The second-order valence-corrected chi connectivity index (χ2v) is 5.96. The first-order valence-corrected chi connectivity index (χ1v) is 7.27. The van der Waals surface area contributed by atoms with E-state index in [0.29, 0.717) is 12.2 Å². The van der Waals surface area contributed by atoms with E-state index in [9.17, 15) is 4.79 Å². The zero-order valence-electron chi connectivity index (χ0n) is 12.6. The number of hydrogen-bond donors (Lipinski definition) is 2. The monoisotopic (exact) mass is 284 g/mol. The number of carbonyl (C=O) groups is 1. The number of ether oxygens (including phenoxy) is 1. The molecule has 0 radical (unpaired) electrons. The van der Waals surface area contributed by atoms with Crippen LogP contribution in [0.5, 0.6) is 0 Å². The van der Waals surface area contributed by atoms with Crippen LogP contribution in [0.2, 0.25) is 0 Å². The highest BCUT2D eigenvalue weighted by Gasteiger charge is 2.33. The molecule has 0 spiro atoms. The number of aromatic nitrogens is 1. The van der Waals surface area contributed by atoms with E-state index in [1.165, 1.54) is 5.56 Å². The minimum atomic E-state index is -0.296. The SMILES string of the molecule is CCOC(=O)C1=CNCC(C)(C)c2c1[nH]c1ccccc21. The van der Waals surface area contributed by atoms with Crippen LogP contribution in [-0.4, -0.2) is 24.1 Å². The minimum absolute atomic E-state index is 0.0836. The quantitative estimate of drug-likeness (QED) is 0.834. The molecule has 0 bridgehead atoms. The van der Waals surface area contributed by atoms with Gasteiger partial charge in [-0.2, -0.15) is 0 Å². The maximum Gasteiger partial charge on any atom is 0.341 e. The molecule has 1 aromatic heterocycles.